The molecule has 0 spiro atoms. The number of carbonyl (C=O) groups is 2. The largest absolute Gasteiger partial charge is 0.492 e. The summed E-state index contributed by atoms with van der Waals surface area (Å²) in [6, 6.07) is 7.32. The zero-order valence-corrected chi connectivity index (χ0v) is 12.2. The summed E-state index contributed by atoms with van der Waals surface area (Å²) in [4.78, 5) is 25.1. The fourth-order valence-corrected chi connectivity index (χ4v) is 2.49. The molecule has 6 nitrogen and oxygen atoms in total. The van der Waals surface area contributed by atoms with Gasteiger partial charge in [-0.3, -0.25) is 19.8 Å². The van der Waals surface area contributed by atoms with Gasteiger partial charge in [0.15, 0.2) is 0 Å². The third-order valence-electron chi connectivity index (χ3n) is 3.57. The van der Waals surface area contributed by atoms with E-state index in [0.29, 0.717) is 26.1 Å². The van der Waals surface area contributed by atoms with Gasteiger partial charge in [-0.1, -0.05) is 25.1 Å². The monoisotopic (exact) mass is 291 g/mol. The van der Waals surface area contributed by atoms with E-state index in [4.69, 9.17) is 10.5 Å². The number of benzene rings is 1. The van der Waals surface area contributed by atoms with Crippen LogP contribution in [0.15, 0.2) is 24.3 Å². The number of nitrogens with one attached hydrogen (secondary N) is 1. The lowest BCUT2D eigenvalue weighted by atomic mass is 10.1. The maximum Gasteiger partial charge on any atom is 0.243 e. The predicted octanol–water partition coefficient (Wildman–Crippen LogP) is 0.261. The SMILES string of the molecule is CCC1C(=O)NC(=O)CN1CCOc1ccccc1CN. The lowest BCUT2D eigenvalue weighted by Gasteiger charge is -2.33. The van der Waals surface area contributed by atoms with E-state index in [1.165, 1.54) is 0 Å². The molecule has 21 heavy (non-hydrogen) atoms. The number of imide groups is 1. The van der Waals surface area contributed by atoms with Crippen molar-refractivity contribution in [1.82, 2.24) is 10.2 Å². The summed E-state index contributed by atoms with van der Waals surface area (Å²) < 4.78 is 5.73. The average Bonchev–Trinajstić information content (AvgIpc) is 2.47. The number of nitrogens with zero attached hydrogens (tertiary/aromatic N) is 1. The molecule has 1 aromatic carbocycles. The highest BCUT2D eigenvalue weighted by Gasteiger charge is 2.31. The molecule has 1 aliphatic rings. The Kier molecular flexibility index (Phi) is 5.30. The summed E-state index contributed by atoms with van der Waals surface area (Å²) >= 11 is 0. The summed E-state index contributed by atoms with van der Waals surface area (Å²) in [6.07, 6.45) is 0.665. The van der Waals surface area contributed by atoms with Gasteiger partial charge in [0.05, 0.1) is 12.6 Å². The van der Waals surface area contributed by atoms with E-state index in [0.717, 1.165) is 11.3 Å². The van der Waals surface area contributed by atoms with Gasteiger partial charge in [0.25, 0.3) is 0 Å². The highest BCUT2D eigenvalue weighted by Crippen LogP contribution is 2.17. The van der Waals surface area contributed by atoms with Gasteiger partial charge >= 0.3 is 0 Å². The van der Waals surface area contributed by atoms with Crippen molar-refractivity contribution in [3.8, 4) is 5.75 Å². The summed E-state index contributed by atoms with van der Waals surface area (Å²) in [5.74, 6) is 0.268. The first-order chi connectivity index (χ1) is 10.2. The van der Waals surface area contributed by atoms with E-state index in [2.05, 4.69) is 5.32 Å². The first-order valence-corrected chi connectivity index (χ1v) is 7.14. The molecule has 0 saturated carbocycles. The van der Waals surface area contributed by atoms with Crippen LogP contribution in [-0.4, -0.2) is 42.5 Å². The van der Waals surface area contributed by atoms with Crippen molar-refractivity contribution in [3.05, 3.63) is 29.8 Å². The summed E-state index contributed by atoms with van der Waals surface area (Å²) in [7, 11) is 0. The number of rotatable bonds is 6. The van der Waals surface area contributed by atoms with Gasteiger partial charge in [-0.2, -0.15) is 0 Å². The molecular formula is C15H21N3O3. The van der Waals surface area contributed by atoms with Crippen molar-refractivity contribution < 1.29 is 14.3 Å². The van der Waals surface area contributed by atoms with E-state index in [-0.39, 0.29) is 24.4 Å². The highest BCUT2D eigenvalue weighted by molar-refractivity contribution is 6.01. The van der Waals surface area contributed by atoms with Gasteiger partial charge in [-0.25, -0.2) is 0 Å². The molecule has 1 heterocycles. The lowest BCUT2D eigenvalue weighted by Crippen LogP contribution is -2.58. The third kappa shape index (κ3) is 3.80. The first-order valence-electron chi connectivity index (χ1n) is 7.14. The Morgan fingerprint density at radius 2 is 2.14 bits per heavy atom. The first kappa shape index (κ1) is 15.5. The number of carbonyl (C=O) groups excluding carboxylic acids is 2. The van der Waals surface area contributed by atoms with E-state index < -0.39 is 0 Å². The molecule has 1 saturated heterocycles. The Morgan fingerprint density at radius 1 is 1.38 bits per heavy atom. The maximum absolute atomic E-state index is 11.7. The highest BCUT2D eigenvalue weighted by atomic mass is 16.5. The summed E-state index contributed by atoms with van der Waals surface area (Å²) in [5, 5.41) is 2.36. The molecule has 0 aromatic heterocycles. The van der Waals surface area contributed by atoms with Crippen LogP contribution in [0.2, 0.25) is 0 Å². The maximum atomic E-state index is 11.7. The van der Waals surface area contributed by atoms with Crippen LogP contribution in [0.4, 0.5) is 0 Å². The normalized spacial score (nSPS) is 19.4. The molecule has 0 radical (unpaired) electrons. The number of piperazine rings is 1. The molecule has 1 unspecified atom stereocenters. The second-order valence-corrected chi connectivity index (χ2v) is 4.97. The minimum atomic E-state index is -0.268. The fourth-order valence-electron chi connectivity index (χ4n) is 2.49. The summed E-state index contributed by atoms with van der Waals surface area (Å²) in [6.45, 7) is 3.51. The van der Waals surface area contributed by atoms with Crippen LogP contribution in [0.5, 0.6) is 5.75 Å². The second-order valence-electron chi connectivity index (χ2n) is 4.97. The van der Waals surface area contributed by atoms with Crippen LogP contribution in [0, 0.1) is 0 Å². The minimum absolute atomic E-state index is 0.226. The van der Waals surface area contributed by atoms with Crippen molar-refractivity contribution >= 4 is 11.8 Å². The number of hydrogen-bond donors (Lipinski definition) is 2. The zero-order valence-electron chi connectivity index (χ0n) is 12.2. The molecule has 0 bridgehead atoms. The van der Waals surface area contributed by atoms with Crippen LogP contribution in [-0.2, 0) is 16.1 Å². The van der Waals surface area contributed by atoms with E-state index in [1.807, 2.05) is 36.1 Å². The Hall–Kier alpha value is -1.92. The zero-order chi connectivity index (χ0) is 15.2. The Morgan fingerprint density at radius 3 is 2.86 bits per heavy atom. The second kappa shape index (κ2) is 7.19. The molecule has 0 aliphatic carbocycles. The van der Waals surface area contributed by atoms with Crippen LogP contribution in [0.1, 0.15) is 18.9 Å². The number of amides is 2. The van der Waals surface area contributed by atoms with Crippen molar-refractivity contribution in [2.45, 2.75) is 25.9 Å². The van der Waals surface area contributed by atoms with Crippen LogP contribution < -0.4 is 15.8 Å². The molecule has 2 amide bonds. The van der Waals surface area contributed by atoms with Gasteiger partial charge in [0.2, 0.25) is 11.8 Å². The molecule has 1 aromatic rings. The van der Waals surface area contributed by atoms with Crippen LogP contribution >= 0.6 is 0 Å². The van der Waals surface area contributed by atoms with Gasteiger partial charge in [-0.15, -0.1) is 0 Å². The fraction of sp³-hybridized carbons (Fsp3) is 0.467. The Balaban J connectivity index is 1.92. The molecule has 6 heteroatoms. The molecule has 1 aliphatic heterocycles. The van der Waals surface area contributed by atoms with E-state index >= 15 is 0 Å². The number of para-hydroxylation sites is 1. The van der Waals surface area contributed by atoms with Crippen molar-refractivity contribution in [2.75, 3.05) is 19.7 Å². The quantitative estimate of drug-likeness (QED) is 0.735. The number of nitrogens with two attached hydrogens (primary N) is 1. The Bertz CT molecular complexity index is 519. The third-order valence-corrected chi connectivity index (χ3v) is 3.57. The minimum Gasteiger partial charge on any atom is -0.492 e. The molecule has 114 valence electrons. The molecule has 3 N–H and O–H groups in total. The molecule has 2 rings (SSSR count). The van der Waals surface area contributed by atoms with Gasteiger partial charge in [0.1, 0.15) is 12.4 Å². The molecule has 1 atom stereocenters. The van der Waals surface area contributed by atoms with Gasteiger partial charge < -0.3 is 10.5 Å². The Labute approximate surface area is 124 Å². The van der Waals surface area contributed by atoms with Crippen LogP contribution in [0.25, 0.3) is 0 Å². The van der Waals surface area contributed by atoms with Crippen molar-refractivity contribution in [3.63, 3.8) is 0 Å². The van der Waals surface area contributed by atoms with Crippen LogP contribution in [0.3, 0.4) is 0 Å². The molecule has 1 fully saturated rings. The van der Waals surface area contributed by atoms with Crippen molar-refractivity contribution in [1.29, 1.82) is 0 Å². The number of hydrogen-bond acceptors (Lipinski definition) is 5. The standard InChI is InChI=1S/C15H21N3O3/c1-2-12-15(20)17-14(19)10-18(12)7-8-21-13-6-4-3-5-11(13)9-16/h3-6,12H,2,7-10,16H2,1H3,(H,17,19,20). The van der Waals surface area contributed by atoms with Gasteiger partial charge in [-0.05, 0) is 12.5 Å². The molecular weight excluding hydrogens is 270 g/mol. The lowest BCUT2D eigenvalue weighted by molar-refractivity contribution is -0.140. The number of ether oxygens (including phenoxy) is 1. The van der Waals surface area contributed by atoms with E-state index in [9.17, 15) is 9.59 Å². The topological polar surface area (TPSA) is 84.7 Å². The summed E-state index contributed by atoms with van der Waals surface area (Å²) in [5.41, 5.74) is 6.60. The van der Waals surface area contributed by atoms with Gasteiger partial charge in [0, 0.05) is 18.7 Å². The van der Waals surface area contributed by atoms with E-state index in [1.54, 1.807) is 0 Å². The smallest absolute Gasteiger partial charge is 0.243 e. The average molecular weight is 291 g/mol. The predicted molar refractivity (Wildman–Crippen MR) is 78.6 cm³/mol. The van der Waals surface area contributed by atoms with Crippen molar-refractivity contribution in [2.24, 2.45) is 5.73 Å².